The molecule has 0 unspecified atom stereocenters. The Morgan fingerprint density at radius 3 is 2.77 bits per heavy atom. The van der Waals surface area contributed by atoms with Crippen LogP contribution in [0.5, 0.6) is 0 Å². The average Bonchev–Trinajstić information content (AvgIpc) is 2.66. The topological polar surface area (TPSA) is 77.7 Å². The maximum atomic E-state index is 13.9. The van der Waals surface area contributed by atoms with Crippen LogP contribution in [0.15, 0.2) is 23.2 Å². The average molecular weight is 360 g/mol. The molecule has 7 heteroatoms. The van der Waals surface area contributed by atoms with E-state index in [0.29, 0.717) is 56.2 Å². The van der Waals surface area contributed by atoms with Crippen molar-refractivity contribution >= 4 is 11.9 Å². The number of carbonyl (C=O) groups is 1. The predicted octanol–water partition coefficient (Wildman–Crippen LogP) is 2.44. The minimum atomic E-state index is -0.371. The third-order valence-electron chi connectivity index (χ3n) is 4.32. The van der Waals surface area contributed by atoms with Crippen LogP contribution in [0.1, 0.15) is 37.8 Å². The van der Waals surface area contributed by atoms with Crippen molar-refractivity contribution in [3.8, 4) is 6.07 Å². The van der Waals surface area contributed by atoms with E-state index in [9.17, 15) is 9.18 Å². The molecule has 0 aliphatic carbocycles. The summed E-state index contributed by atoms with van der Waals surface area (Å²) in [5, 5.41) is 12.2. The second-order valence-corrected chi connectivity index (χ2v) is 6.10. The molecule has 1 N–H and O–H groups in total. The minimum Gasteiger partial charge on any atom is -0.466 e. The Labute approximate surface area is 153 Å². The monoisotopic (exact) mass is 360 g/mol. The van der Waals surface area contributed by atoms with Crippen molar-refractivity contribution in [1.29, 1.82) is 5.26 Å². The summed E-state index contributed by atoms with van der Waals surface area (Å²) in [6, 6.07) is 6.28. The summed E-state index contributed by atoms with van der Waals surface area (Å²) < 4.78 is 19.0. The molecule has 0 radical (unpaired) electrons. The van der Waals surface area contributed by atoms with Crippen LogP contribution < -0.4 is 5.32 Å². The maximum Gasteiger partial charge on any atom is 0.309 e. The zero-order valence-corrected chi connectivity index (χ0v) is 15.3. The molecule has 2 rings (SSSR count). The van der Waals surface area contributed by atoms with Gasteiger partial charge in [0.2, 0.25) is 0 Å². The SMILES string of the molecule is CCNC(=NCc1cc(C#N)ccc1F)N1CCC(C(=O)OCC)CC1. The number of halogens is 1. The number of likely N-dealkylation sites (tertiary alicyclic amines) is 1. The van der Waals surface area contributed by atoms with Crippen LogP contribution in [-0.4, -0.2) is 43.1 Å². The first-order chi connectivity index (χ1) is 12.6. The van der Waals surface area contributed by atoms with Crippen molar-refractivity contribution in [3.63, 3.8) is 0 Å². The maximum absolute atomic E-state index is 13.9. The number of rotatable bonds is 5. The Morgan fingerprint density at radius 1 is 1.42 bits per heavy atom. The van der Waals surface area contributed by atoms with Crippen LogP contribution in [0.3, 0.4) is 0 Å². The summed E-state index contributed by atoms with van der Waals surface area (Å²) in [4.78, 5) is 18.4. The number of esters is 1. The van der Waals surface area contributed by atoms with E-state index in [1.165, 1.54) is 18.2 Å². The van der Waals surface area contributed by atoms with Crippen molar-refractivity contribution in [2.45, 2.75) is 33.2 Å². The Morgan fingerprint density at radius 2 is 2.15 bits per heavy atom. The number of piperidine rings is 1. The number of benzene rings is 1. The van der Waals surface area contributed by atoms with Crippen LogP contribution >= 0.6 is 0 Å². The molecule has 0 saturated carbocycles. The predicted molar refractivity (Wildman–Crippen MR) is 96.9 cm³/mol. The molecule has 0 atom stereocenters. The highest BCUT2D eigenvalue weighted by atomic mass is 19.1. The summed E-state index contributed by atoms with van der Waals surface area (Å²) >= 11 is 0. The first kappa shape index (κ1) is 19.7. The molecule has 140 valence electrons. The molecule has 0 bridgehead atoms. The number of hydrogen-bond donors (Lipinski definition) is 1. The summed E-state index contributed by atoms with van der Waals surface area (Å²) in [7, 11) is 0. The largest absolute Gasteiger partial charge is 0.466 e. The van der Waals surface area contributed by atoms with Gasteiger partial charge < -0.3 is 15.0 Å². The van der Waals surface area contributed by atoms with Gasteiger partial charge in [-0.1, -0.05) is 0 Å². The molecule has 6 nitrogen and oxygen atoms in total. The molecule has 1 aromatic carbocycles. The van der Waals surface area contributed by atoms with Crippen LogP contribution in [0.25, 0.3) is 0 Å². The van der Waals surface area contributed by atoms with E-state index < -0.39 is 0 Å². The first-order valence-corrected chi connectivity index (χ1v) is 8.97. The van der Waals surface area contributed by atoms with Crippen molar-refractivity contribution in [2.24, 2.45) is 10.9 Å². The Bertz CT molecular complexity index is 691. The van der Waals surface area contributed by atoms with Crippen LogP contribution in [0.4, 0.5) is 4.39 Å². The van der Waals surface area contributed by atoms with Crippen LogP contribution in [0.2, 0.25) is 0 Å². The second-order valence-electron chi connectivity index (χ2n) is 6.10. The van der Waals surface area contributed by atoms with E-state index in [1.54, 1.807) is 0 Å². The van der Waals surface area contributed by atoms with Gasteiger partial charge in [-0.2, -0.15) is 5.26 Å². The fraction of sp³-hybridized carbons (Fsp3) is 0.526. The van der Waals surface area contributed by atoms with Crippen LogP contribution in [0, 0.1) is 23.1 Å². The Balaban J connectivity index is 2.04. The molecule has 0 aromatic heterocycles. The zero-order chi connectivity index (χ0) is 18.9. The van der Waals surface area contributed by atoms with Gasteiger partial charge in [-0.05, 0) is 44.9 Å². The van der Waals surface area contributed by atoms with E-state index in [2.05, 4.69) is 15.2 Å². The molecule has 1 aliphatic rings. The lowest BCUT2D eigenvalue weighted by molar-refractivity contribution is -0.149. The van der Waals surface area contributed by atoms with E-state index >= 15 is 0 Å². The number of hydrogen-bond acceptors (Lipinski definition) is 4. The quantitative estimate of drug-likeness (QED) is 0.496. The fourth-order valence-corrected chi connectivity index (χ4v) is 2.94. The lowest BCUT2D eigenvalue weighted by Crippen LogP contribution is -2.46. The van der Waals surface area contributed by atoms with Crippen molar-refractivity contribution in [1.82, 2.24) is 10.2 Å². The highest BCUT2D eigenvalue weighted by molar-refractivity contribution is 5.80. The van der Waals surface area contributed by atoms with E-state index in [1.807, 2.05) is 19.9 Å². The molecule has 1 fully saturated rings. The molecule has 1 aromatic rings. The highest BCUT2D eigenvalue weighted by Crippen LogP contribution is 2.19. The van der Waals surface area contributed by atoms with Gasteiger partial charge in [0.15, 0.2) is 5.96 Å². The van der Waals surface area contributed by atoms with Crippen molar-refractivity contribution in [3.05, 3.63) is 35.1 Å². The number of carbonyl (C=O) groups excluding carboxylic acids is 1. The van der Waals surface area contributed by atoms with Gasteiger partial charge >= 0.3 is 5.97 Å². The molecule has 0 amide bonds. The molecule has 0 spiro atoms. The zero-order valence-electron chi connectivity index (χ0n) is 15.3. The molecule has 26 heavy (non-hydrogen) atoms. The Hall–Kier alpha value is -2.62. The van der Waals surface area contributed by atoms with Gasteiger partial charge in [-0.25, -0.2) is 9.38 Å². The first-order valence-electron chi connectivity index (χ1n) is 8.97. The Kier molecular flexibility index (Phi) is 7.39. The van der Waals surface area contributed by atoms with Gasteiger partial charge in [0.1, 0.15) is 5.82 Å². The number of nitrogens with one attached hydrogen (secondary N) is 1. The molecule has 1 aliphatic heterocycles. The summed E-state index contributed by atoms with van der Waals surface area (Å²) in [6.45, 7) is 6.41. The number of aliphatic imine (C=N–C) groups is 1. The van der Waals surface area contributed by atoms with Gasteiger partial charge in [0.05, 0.1) is 30.7 Å². The summed E-state index contributed by atoms with van der Waals surface area (Å²) in [5.41, 5.74) is 0.803. The lowest BCUT2D eigenvalue weighted by atomic mass is 9.97. The third kappa shape index (κ3) is 5.19. The summed E-state index contributed by atoms with van der Waals surface area (Å²) in [5.74, 6) is 0.115. The molecule has 1 saturated heterocycles. The third-order valence-corrected chi connectivity index (χ3v) is 4.32. The normalized spacial score (nSPS) is 15.5. The standard InChI is InChI=1S/C19H25FN4O2/c1-3-22-19(23-13-16-11-14(12-21)5-6-17(16)20)24-9-7-15(8-10-24)18(25)26-4-2/h5-6,11,15H,3-4,7-10,13H2,1-2H3,(H,22,23). The van der Waals surface area contributed by atoms with Crippen LogP contribution in [-0.2, 0) is 16.1 Å². The van der Waals surface area contributed by atoms with E-state index in [0.717, 1.165) is 0 Å². The summed E-state index contributed by atoms with van der Waals surface area (Å²) in [6.07, 6.45) is 1.42. The van der Waals surface area contributed by atoms with Gasteiger partial charge in [-0.3, -0.25) is 4.79 Å². The number of ether oxygens (including phenoxy) is 1. The fourth-order valence-electron chi connectivity index (χ4n) is 2.94. The highest BCUT2D eigenvalue weighted by Gasteiger charge is 2.27. The van der Waals surface area contributed by atoms with Crippen molar-refractivity contribution in [2.75, 3.05) is 26.2 Å². The molecule has 1 heterocycles. The second kappa shape index (κ2) is 9.76. The van der Waals surface area contributed by atoms with E-state index in [-0.39, 0.29) is 24.2 Å². The lowest BCUT2D eigenvalue weighted by Gasteiger charge is -2.33. The number of nitriles is 1. The minimum absolute atomic E-state index is 0.0705. The molecular formula is C19H25FN4O2. The van der Waals surface area contributed by atoms with Gasteiger partial charge in [0, 0.05) is 25.2 Å². The van der Waals surface area contributed by atoms with Gasteiger partial charge in [-0.15, -0.1) is 0 Å². The number of nitrogens with zero attached hydrogens (tertiary/aromatic N) is 3. The van der Waals surface area contributed by atoms with Gasteiger partial charge in [0.25, 0.3) is 0 Å². The smallest absolute Gasteiger partial charge is 0.309 e. The molecular weight excluding hydrogens is 335 g/mol. The van der Waals surface area contributed by atoms with Crippen molar-refractivity contribution < 1.29 is 13.9 Å². The van der Waals surface area contributed by atoms with E-state index in [4.69, 9.17) is 10.00 Å². The number of guanidine groups is 1.